The van der Waals surface area contributed by atoms with Crippen molar-refractivity contribution in [1.29, 1.82) is 0 Å². The van der Waals surface area contributed by atoms with Crippen LogP contribution in [0.4, 0.5) is 4.39 Å². The molecule has 0 aliphatic carbocycles. The summed E-state index contributed by atoms with van der Waals surface area (Å²) in [5.74, 6) is 0.527. The van der Waals surface area contributed by atoms with Crippen molar-refractivity contribution < 1.29 is 13.9 Å². The van der Waals surface area contributed by atoms with Gasteiger partial charge in [-0.3, -0.25) is 4.79 Å². The van der Waals surface area contributed by atoms with Gasteiger partial charge in [-0.15, -0.1) is 24.0 Å². The Kier molecular flexibility index (Phi) is 10.9. The lowest BCUT2D eigenvalue weighted by Gasteiger charge is -2.11. The fourth-order valence-electron chi connectivity index (χ4n) is 2.38. The van der Waals surface area contributed by atoms with Crippen molar-refractivity contribution in [3.63, 3.8) is 0 Å². The maximum absolute atomic E-state index is 13.2. The molecule has 4 N–H and O–H groups in total. The summed E-state index contributed by atoms with van der Waals surface area (Å²) in [6.45, 7) is 3.69. The van der Waals surface area contributed by atoms with Crippen LogP contribution in [-0.4, -0.2) is 31.6 Å². The maximum atomic E-state index is 13.2. The summed E-state index contributed by atoms with van der Waals surface area (Å²) in [6, 6.07) is 13.9. The fraction of sp³-hybridized carbons (Fsp3) is 0.300. The molecule has 0 unspecified atom stereocenters. The molecular formula is C20H26FIN4O2. The molecule has 0 aliphatic rings. The van der Waals surface area contributed by atoms with Crippen LogP contribution in [-0.2, 0) is 17.8 Å². The monoisotopic (exact) mass is 500 g/mol. The van der Waals surface area contributed by atoms with Gasteiger partial charge in [0.05, 0.1) is 6.54 Å². The van der Waals surface area contributed by atoms with Crippen LogP contribution in [0, 0.1) is 5.82 Å². The first-order chi connectivity index (χ1) is 13.1. The van der Waals surface area contributed by atoms with Crippen LogP contribution < -0.4 is 21.1 Å². The molecule has 28 heavy (non-hydrogen) atoms. The molecule has 0 saturated heterocycles. The van der Waals surface area contributed by atoms with Gasteiger partial charge in [-0.05, 0) is 48.7 Å². The zero-order valence-electron chi connectivity index (χ0n) is 15.8. The van der Waals surface area contributed by atoms with E-state index >= 15 is 0 Å². The van der Waals surface area contributed by atoms with Gasteiger partial charge in [0.25, 0.3) is 5.91 Å². The summed E-state index contributed by atoms with van der Waals surface area (Å²) in [6.07, 6.45) is 0.792. The number of guanidine groups is 1. The number of carbonyl (C=O) groups excluding carboxylic acids is 1. The Balaban J connectivity index is 0.00000392. The summed E-state index contributed by atoms with van der Waals surface area (Å²) in [5.41, 5.74) is 6.99. The standard InChI is InChI=1S/C20H25FN4O2.HI/c1-2-23-20(25-13-16-4-3-5-17(21)12-16)24-11-10-15-6-8-18(9-7-15)27-14-19(22)26;/h3-9,12H,2,10-11,13-14H2,1H3,(H2,22,26)(H2,23,24,25);1H. The number of halogens is 2. The number of nitrogens with zero attached hydrogens (tertiary/aromatic N) is 1. The van der Waals surface area contributed by atoms with E-state index in [1.54, 1.807) is 6.07 Å². The molecule has 2 rings (SSSR count). The van der Waals surface area contributed by atoms with Gasteiger partial charge in [0.2, 0.25) is 0 Å². The molecule has 0 heterocycles. The van der Waals surface area contributed by atoms with Crippen LogP contribution in [0.1, 0.15) is 18.1 Å². The van der Waals surface area contributed by atoms with E-state index in [-0.39, 0.29) is 36.4 Å². The molecule has 0 saturated carbocycles. The van der Waals surface area contributed by atoms with Gasteiger partial charge in [-0.2, -0.15) is 0 Å². The summed E-state index contributed by atoms with van der Waals surface area (Å²) >= 11 is 0. The number of hydrogen-bond donors (Lipinski definition) is 3. The van der Waals surface area contributed by atoms with Gasteiger partial charge >= 0.3 is 0 Å². The number of nitrogens with one attached hydrogen (secondary N) is 2. The highest BCUT2D eigenvalue weighted by Crippen LogP contribution is 2.12. The second kappa shape index (κ2) is 12.9. The van der Waals surface area contributed by atoms with Crippen molar-refractivity contribution in [2.75, 3.05) is 19.7 Å². The third-order valence-corrected chi connectivity index (χ3v) is 3.66. The first kappa shape index (κ1) is 23.7. The highest BCUT2D eigenvalue weighted by molar-refractivity contribution is 14.0. The minimum atomic E-state index is -0.503. The zero-order chi connectivity index (χ0) is 19.5. The summed E-state index contributed by atoms with van der Waals surface area (Å²) in [5, 5.41) is 6.43. The Labute approximate surface area is 181 Å². The highest BCUT2D eigenvalue weighted by atomic mass is 127. The number of primary amides is 1. The average Bonchev–Trinajstić information content (AvgIpc) is 2.65. The summed E-state index contributed by atoms with van der Waals surface area (Å²) in [4.78, 5) is 15.2. The summed E-state index contributed by atoms with van der Waals surface area (Å²) in [7, 11) is 0. The van der Waals surface area contributed by atoms with E-state index in [2.05, 4.69) is 15.6 Å². The van der Waals surface area contributed by atoms with Crippen molar-refractivity contribution in [3.05, 3.63) is 65.5 Å². The smallest absolute Gasteiger partial charge is 0.255 e. The molecule has 0 aromatic heterocycles. The molecule has 2 aromatic rings. The maximum Gasteiger partial charge on any atom is 0.255 e. The Morgan fingerprint density at radius 1 is 1.14 bits per heavy atom. The largest absolute Gasteiger partial charge is 0.484 e. The first-order valence-corrected chi connectivity index (χ1v) is 8.83. The highest BCUT2D eigenvalue weighted by Gasteiger charge is 2.01. The molecule has 0 fully saturated rings. The van der Waals surface area contributed by atoms with Crippen molar-refractivity contribution in [1.82, 2.24) is 10.6 Å². The second-order valence-electron chi connectivity index (χ2n) is 5.90. The Bertz CT molecular complexity index is 769. The van der Waals surface area contributed by atoms with E-state index in [1.807, 2.05) is 37.3 Å². The average molecular weight is 500 g/mol. The van der Waals surface area contributed by atoms with Crippen molar-refractivity contribution in [2.45, 2.75) is 19.9 Å². The van der Waals surface area contributed by atoms with Gasteiger partial charge in [0, 0.05) is 13.1 Å². The third kappa shape index (κ3) is 9.03. The predicted molar refractivity (Wildman–Crippen MR) is 119 cm³/mol. The number of carbonyl (C=O) groups is 1. The van der Waals surface area contributed by atoms with Gasteiger partial charge in [0.1, 0.15) is 11.6 Å². The van der Waals surface area contributed by atoms with E-state index in [0.717, 1.165) is 24.1 Å². The van der Waals surface area contributed by atoms with E-state index in [4.69, 9.17) is 10.5 Å². The number of hydrogen-bond acceptors (Lipinski definition) is 3. The molecule has 2 aromatic carbocycles. The normalized spacial score (nSPS) is 10.7. The van der Waals surface area contributed by atoms with Crippen LogP contribution in [0.3, 0.4) is 0 Å². The number of ether oxygens (including phenoxy) is 1. The Morgan fingerprint density at radius 2 is 1.89 bits per heavy atom. The van der Waals surface area contributed by atoms with E-state index in [0.29, 0.717) is 24.8 Å². The zero-order valence-corrected chi connectivity index (χ0v) is 18.1. The first-order valence-electron chi connectivity index (χ1n) is 8.83. The number of amides is 1. The SMILES string of the molecule is CCNC(=NCc1cccc(F)c1)NCCc1ccc(OCC(N)=O)cc1.I. The molecular weight excluding hydrogens is 474 g/mol. The molecule has 0 atom stereocenters. The van der Waals surface area contributed by atoms with E-state index in [1.165, 1.54) is 12.1 Å². The molecule has 1 amide bonds. The van der Waals surface area contributed by atoms with E-state index in [9.17, 15) is 9.18 Å². The van der Waals surface area contributed by atoms with Gasteiger partial charge in [0.15, 0.2) is 12.6 Å². The second-order valence-corrected chi connectivity index (χ2v) is 5.90. The quantitative estimate of drug-likeness (QED) is 0.281. The third-order valence-electron chi connectivity index (χ3n) is 3.66. The predicted octanol–water partition coefficient (Wildman–Crippen LogP) is 2.61. The molecule has 0 aliphatic heterocycles. The van der Waals surface area contributed by atoms with Crippen molar-refractivity contribution >= 4 is 35.8 Å². The molecule has 0 spiro atoms. The fourth-order valence-corrected chi connectivity index (χ4v) is 2.38. The van der Waals surface area contributed by atoms with Gasteiger partial charge in [-0.1, -0.05) is 24.3 Å². The number of aliphatic imine (C=N–C) groups is 1. The minimum absolute atomic E-state index is 0. The van der Waals surface area contributed by atoms with Crippen LogP contribution in [0.15, 0.2) is 53.5 Å². The number of benzene rings is 2. The van der Waals surface area contributed by atoms with Crippen LogP contribution in [0.2, 0.25) is 0 Å². The van der Waals surface area contributed by atoms with Crippen LogP contribution in [0.5, 0.6) is 5.75 Å². The lowest BCUT2D eigenvalue weighted by molar-refractivity contribution is -0.119. The van der Waals surface area contributed by atoms with Crippen molar-refractivity contribution in [3.8, 4) is 5.75 Å². The number of rotatable bonds is 9. The van der Waals surface area contributed by atoms with Crippen LogP contribution in [0.25, 0.3) is 0 Å². The van der Waals surface area contributed by atoms with E-state index < -0.39 is 5.91 Å². The molecule has 8 heteroatoms. The molecule has 6 nitrogen and oxygen atoms in total. The van der Waals surface area contributed by atoms with Gasteiger partial charge < -0.3 is 21.1 Å². The van der Waals surface area contributed by atoms with Crippen LogP contribution >= 0.6 is 24.0 Å². The number of nitrogens with two attached hydrogens (primary N) is 1. The molecule has 0 radical (unpaired) electrons. The topological polar surface area (TPSA) is 88.7 Å². The lowest BCUT2D eigenvalue weighted by Crippen LogP contribution is -2.38. The van der Waals surface area contributed by atoms with Crippen molar-refractivity contribution in [2.24, 2.45) is 10.7 Å². The lowest BCUT2D eigenvalue weighted by atomic mass is 10.1. The Hall–Kier alpha value is -2.36. The molecule has 0 bridgehead atoms. The van der Waals surface area contributed by atoms with Gasteiger partial charge in [-0.25, -0.2) is 9.38 Å². The summed E-state index contributed by atoms with van der Waals surface area (Å²) < 4.78 is 18.5. The minimum Gasteiger partial charge on any atom is -0.484 e. The molecule has 152 valence electrons. The Morgan fingerprint density at radius 3 is 2.54 bits per heavy atom.